The van der Waals surface area contributed by atoms with Gasteiger partial charge in [-0.1, -0.05) is 35.4 Å². The first-order chi connectivity index (χ1) is 9.74. The third-order valence-corrected chi connectivity index (χ3v) is 3.57. The smallest absolute Gasteiger partial charge is 0.358 e. The Morgan fingerprint density at radius 2 is 1.13 bits per heavy atom. The van der Waals surface area contributed by atoms with E-state index in [4.69, 9.17) is 0 Å². The first kappa shape index (κ1) is 21.5. The molecule has 0 radical (unpaired) electrons. The largest absolute Gasteiger partial charge is 4.00 e. The summed E-state index contributed by atoms with van der Waals surface area (Å²) in [6.45, 7) is 4.28. The number of fused-ring (bicyclic) bond motifs is 3. The molecule has 0 nitrogen and oxygen atoms in total. The molecule has 0 aliphatic carbocycles. The van der Waals surface area contributed by atoms with E-state index in [9.17, 15) is 0 Å². The Balaban J connectivity index is 0.000000529. The summed E-state index contributed by atoms with van der Waals surface area (Å²) in [5.41, 5.74) is 2.66. The molecule has 0 saturated heterocycles. The van der Waals surface area contributed by atoms with E-state index in [1.807, 2.05) is 30.3 Å². The summed E-state index contributed by atoms with van der Waals surface area (Å²) in [6.07, 6.45) is 0. The fraction of sp³-hybridized carbons (Fsp3) is 0.0909. The van der Waals surface area contributed by atoms with Crippen molar-refractivity contribution in [2.45, 2.75) is 13.8 Å². The molecule has 0 heterocycles. The van der Waals surface area contributed by atoms with Gasteiger partial charge in [0.2, 0.25) is 0 Å². The summed E-state index contributed by atoms with van der Waals surface area (Å²) in [7, 11) is 0. The second-order valence-electron chi connectivity index (χ2n) is 5.29. The van der Waals surface area contributed by atoms with Gasteiger partial charge in [0.25, 0.3) is 0 Å². The molecule has 0 unspecified atom stereocenters. The summed E-state index contributed by atoms with van der Waals surface area (Å²) >= 11 is 0. The molecule has 116 valence electrons. The van der Waals surface area contributed by atoms with Gasteiger partial charge in [0.15, 0.2) is 0 Å². The fourth-order valence-corrected chi connectivity index (χ4v) is 2.58. The van der Waals surface area contributed by atoms with Gasteiger partial charge in [-0.05, 0) is 13.8 Å². The normalized spacial score (nSPS) is 9.13. The maximum absolute atomic E-state index is 2.28. The molecule has 23 heavy (non-hydrogen) atoms. The van der Waals surface area contributed by atoms with Crippen molar-refractivity contribution in [1.82, 2.24) is 0 Å². The average molecular weight is 467 g/mol. The van der Waals surface area contributed by atoms with Gasteiger partial charge in [0.05, 0.1) is 0 Å². The Hall–Kier alpha value is -1.47. The van der Waals surface area contributed by atoms with Crippen LogP contribution in [0, 0.1) is 28.7 Å². The minimum atomic E-state index is 0. The summed E-state index contributed by atoms with van der Waals surface area (Å²) in [4.78, 5) is 0. The van der Waals surface area contributed by atoms with Crippen LogP contribution in [0.3, 0.4) is 0 Å². The summed E-state index contributed by atoms with van der Waals surface area (Å²) in [5.74, 6) is 0. The maximum Gasteiger partial charge on any atom is 4.00 e. The van der Waals surface area contributed by atoms with E-state index in [1.54, 1.807) is 0 Å². The number of hydrogen-bond acceptors (Lipinski definition) is 0. The van der Waals surface area contributed by atoms with Crippen molar-refractivity contribution in [2.24, 2.45) is 0 Å². The van der Waals surface area contributed by atoms with Crippen LogP contribution in [-0.4, -0.2) is 0 Å². The molecule has 0 saturated carbocycles. The standard InChI is InChI=1S/C15H13.C5H5.2CH3.Hf/c1-10-3-5-14-12(7-10)9-13-8-11(2)4-6-15(13)14;1-2-4-5-3-1;;;/h3-9H,1-2H3;1-5H;2*1H3;/q4*-1;+4. The molecule has 0 N–H and O–H groups in total. The average Bonchev–Trinajstić information content (AvgIpc) is 3.08. The molecule has 4 rings (SSSR count). The van der Waals surface area contributed by atoms with Crippen LogP contribution >= 0.6 is 0 Å². The molecular formula is C22H24Hf. The van der Waals surface area contributed by atoms with Gasteiger partial charge in [0, 0.05) is 0 Å². The molecule has 0 aromatic heterocycles. The molecule has 4 aromatic carbocycles. The quantitative estimate of drug-likeness (QED) is 0.201. The molecule has 0 aliphatic rings. The Labute approximate surface area is 159 Å². The van der Waals surface area contributed by atoms with Crippen molar-refractivity contribution in [3.8, 4) is 0 Å². The SMILES string of the molecule is Cc1ccc2c(c1)[cH-]c1cc(C)ccc12.[CH3-].[CH3-].[Hf+4].c1cc[cH-]c1. The van der Waals surface area contributed by atoms with Crippen molar-refractivity contribution in [3.63, 3.8) is 0 Å². The van der Waals surface area contributed by atoms with Crippen LogP contribution in [0.5, 0.6) is 0 Å². The zero-order chi connectivity index (χ0) is 13.9. The van der Waals surface area contributed by atoms with Crippen molar-refractivity contribution in [1.29, 1.82) is 0 Å². The summed E-state index contributed by atoms with van der Waals surface area (Å²) < 4.78 is 0. The third-order valence-electron chi connectivity index (χ3n) is 3.57. The molecule has 0 spiro atoms. The third kappa shape index (κ3) is 5.00. The summed E-state index contributed by atoms with van der Waals surface area (Å²) in [6, 6.07) is 25.6. The van der Waals surface area contributed by atoms with E-state index in [0.717, 1.165) is 0 Å². The predicted molar refractivity (Wildman–Crippen MR) is 101 cm³/mol. The van der Waals surface area contributed by atoms with E-state index in [0.29, 0.717) is 0 Å². The summed E-state index contributed by atoms with van der Waals surface area (Å²) in [5, 5.41) is 5.46. The molecule has 1 heteroatoms. The Kier molecular flexibility index (Phi) is 9.01. The maximum atomic E-state index is 2.28. The van der Waals surface area contributed by atoms with E-state index >= 15 is 0 Å². The first-order valence-electron chi connectivity index (χ1n) is 6.97. The van der Waals surface area contributed by atoms with Crippen molar-refractivity contribution in [2.75, 3.05) is 0 Å². The molecular weight excluding hydrogens is 443 g/mol. The zero-order valence-electron chi connectivity index (χ0n) is 14.4. The van der Waals surface area contributed by atoms with Crippen LogP contribution in [0.4, 0.5) is 0 Å². The van der Waals surface area contributed by atoms with Crippen LogP contribution in [0.25, 0.3) is 21.5 Å². The molecule has 0 fully saturated rings. The van der Waals surface area contributed by atoms with Gasteiger partial charge >= 0.3 is 25.8 Å². The zero-order valence-corrected chi connectivity index (χ0v) is 18.0. The van der Waals surface area contributed by atoms with Crippen LogP contribution in [-0.2, 0) is 25.8 Å². The number of aryl methyl sites for hydroxylation is 2. The van der Waals surface area contributed by atoms with Gasteiger partial charge in [-0.15, -0.1) is 39.7 Å². The van der Waals surface area contributed by atoms with Crippen molar-refractivity contribution >= 4 is 21.5 Å². The van der Waals surface area contributed by atoms with Gasteiger partial charge in [-0.25, -0.2) is 12.1 Å². The minimum Gasteiger partial charge on any atom is -0.358 e. The van der Waals surface area contributed by atoms with Crippen LogP contribution < -0.4 is 0 Å². The number of hydrogen-bond donors (Lipinski definition) is 0. The molecule has 0 amide bonds. The van der Waals surface area contributed by atoms with Crippen molar-refractivity contribution in [3.05, 3.63) is 98.8 Å². The number of benzene rings is 2. The first-order valence-corrected chi connectivity index (χ1v) is 6.97. The van der Waals surface area contributed by atoms with Crippen molar-refractivity contribution < 1.29 is 25.8 Å². The Morgan fingerprint density at radius 3 is 1.48 bits per heavy atom. The minimum absolute atomic E-state index is 0. The van der Waals surface area contributed by atoms with Gasteiger partial charge < -0.3 is 14.9 Å². The fourth-order valence-electron chi connectivity index (χ4n) is 2.58. The Morgan fingerprint density at radius 1 is 0.696 bits per heavy atom. The number of rotatable bonds is 0. The van der Waals surface area contributed by atoms with E-state index in [1.165, 1.54) is 32.7 Å². The second-order valence-corrected chi connectivity index (χ2v) is 5.29. The topological polar surface area (TPSA) is 0 Å². The monoisotopic (exact) mass is 468 g/mol. The molecule has 0 aliphatic heterocycles. The molecule has 0 atom stereocenters. The molecule has 0 bridgehead atoms. The van der Waals surface area contributed by atoms with Crippen LogP contribution in [0.2, 0.25) is 0 Å². The van der Waals surface area contributed by atoms with E-state index in [2.05, 4.69) is 56.3 Å². The van der Waals surface area contributed by atoms with Crippen LogP contribution in [0.15, 0.2) is 72.8 Å². The van der Waals surface area contributed by atoms with Gasteiger partial charge in [-0.3, -0.25) is 0 Å². The van der Waals surface area contributed by atoms with E-state index < -0.39 is 0 Å². The second kappa shape index (κ2) is 9.62. The van der Waals surface area contributed by atoms with Crippen LogP contribution in [0.1, 0.15) is 11.1 Å². The molecule has 4 aromatic rings. The predicted octanol–water partition coefficient (Wildman–Crippen LogP) is 6.63. The van der Waals surface area contributed by atoms with Gasteiger partial charge in [-0.2, -0.15) is 18.2 Å². The van der Waals surface area contributed by atoms with Gasteiger partial charge in [0.1, 0.15) is 0 Å². The van der Waals surface area contributed by atoms with E-state index in [-0.39, 0.29) is 40.7 Å². The Bertz CT molecular complexity index is 746.